The van der Waals surface area contributed by atoms with Gasteiger partial charge >= 0.3 is 6.18 Å². The molecule has 0 unspecified atom stereocenters. The first kappa shape index (κ1) is 14.8. The molecule has 20 heavy (non-hydrogen) atoms. The number of halogens is 3. The molecule has 2 aromatic rings. The van der Waals surface area contributed by atoms with Crippen molar-refractivity contribution in [3.05, 3.63) is 23.7 Å². The van der Waals surface area contributed by atoms with Gasteiger partial charge in [0.25, 0.3) is 0 Å². The summed E-state index contributed by atoms with van der Waals surface area (Å²) in [6.45, 7) is 1.92. The number of rotatable bonds is 4. The van der Waals surface area contributed by atoms with Gasteiger partial charge < -0.3 is 4.57 Å². The summed E-state index contributed by atoms with van der Waals surface area (Å²) in [5.41, 5.74) is -0.648. The predicted octanol–water partition coefficient (Wildman–Crippen LogP) is 2.92. The van der Waals surface area contributed by atoms with Crippen molar-refractivity contribution in [3.63, 3.8) is 0 Å². The molecule has 0 N–H and O–H groups in total. The van der Waals surface area contributed by atoms with Crippen molar-refractivity contribution in [3.8, 4) is 0 Å². The number of aromatic nitrogens is 3. The minimum atomic E-state index is -4.51. The number of hydrogen-bond acceptors (Lipinski definition) is 4. The SMILES string of the molecule is CCSCC(=O)c1nc2ccc(C(F)(F)F)nc2n1C. The Morgan fingerprint density at radius 1 is 1.35 bits per heavy atom. The van der Waals surface area contributed by atoms with E-state index in [4.69, 9.17) is 0 Å². The van der Waals surface area contributed by atoms with Gasteiger partial charge in [-0.3, -0.25) is 4.79 Å². The summed E-state index contributed by atoms with van der Waals surface area (Å²) in [4.78, 5) is 19.5. The minimum Gasteiger partial charge on any atom is -0.309 e. The van der Waals surface area contributed by atoms with Crippen LogP contribution in [0.1, 0.15) is 23.2 Å². The fourth-order valence-corrected chi connectivity index (χ4v) is 2.25. The molecule has 2 rings (SSSR count). The highest BCUT2D eigenvalue weighted by Crippen LogP contribution is 2.29. The number of carbonyl (C=O) groups is 1. The highest BCUT2D eigenvalue weighted by atomic mass is 32.2. The zero-order valence-electron chi connectivity index (χ0n) is 10.9. The molecule has 0 aromatic carbocycles. The first-order valence-corrected chi connectivity index (χ1v) is 7.01. The van der Waals surface area contributed by atoms with Gasteiger partial charge in [0, 0.05) is 7.05 Å². The summed E-state index contributed by atoms with van der Waals surface area (Å²) in [6.07, 6.45) is -4.51. The number of alkyl halides is 3. The van der Waals surface area contributed by atoms with Gasteiger partial charge in [0.05, 0.1) is 5.75 Å². The zero-order valence-corrected chi connectivity index (χ0v) is 11.7. The van der Waals surface area contributed by atoms with Crippen LogP contribution in [0.2, 0.25) is 0 Å². The van der Waals surface area contributed by atoms with E-state index in [0.29, 0.717) is 0 Å². The van der Waals surface area contributed by atoms with Crippen molar-refractivity contribution in [1.82, 2.24) is 14.5 Å². The molecule has 2 aromatic heterocycles. The molecule has 0 aliphatic carbocycles. The number of aryl methyl sites for hydroxylation is 1. The molecule has 108 valence electrons. The normalized spacial score (nSPS) is 12.1. The molecule has 0 saturated heterocycles. The first-order valence-electron chi connectivity index (χ1n) is 5.86. The highest BCUT2D eigenvalue weighted by molar-refractivity contribution is 7.99. The predicted molar refractivity (Wildman–Crippen MR) is 70.8 cm³/mol. The standard InChI is InChI=1S/C12H12F3N3OS/c1-3-20-6-8(19)11-16-7-4-5-9(12(13,14)15)17-10(7)18(11)2/h4-5H,3,6H2,1-2H3. The van der Waals surface area contributed by atoms with Crippen LogP contribution < -0.4 is 0 Å². The fourth-order valence-electron chi connectivity index (χ4n) is 1.73. The quantitative estimate of drug-likeness (QED) is 0.815. The number of Topliss-reactive ketones (excluding diaryl/α,β-unsaturated/α-hetero) is 1. The Hall–Kier alpha value is -1.57. The number of nitrogens with zero attached hydrogens (tertiary/aromatic N) is 3. The largest absolute Gasteiger partial charge is 0.433 e. The van der Waals surface area contributed by atoms with Crippen molar-refractivity contribution in [2.45, 2.75) is 13.1 Å². The molecule has 0 saturated carbocycles. The lowest BCUT2D eigenvalue weighted by Gasteiger charge is -2.05. The van der Waals surface area contributed by atoms with Crippen LogP contribution in [0.5, 0.6) is 0 Å². The summed E-state index contributed by atoms with van der Waals surface area (Å²) in [6, 6.07) is 2.10. The van der Waals surface area contributed by atoms with E-state index in [2.05, 4.69) is 9.97 Å². The molecule has 0 fully saturated rings. The van der Waals surface area contributed by atoms with Crippen molar-refractivity contribution in [1.29, 1.82) is 0 Å². The number of imidazole rings is 1. The fraction of sp³-hybridized carbons (Fsp3) is 0.417. The van der Waals surface area contributed by atoms with Crippen molar-refractivity contribution < 1.29 is 18.0 Å². The molecule has 0 aliphatic rings. The maximum Gasteiger partial charge on any atom is 0.433 e. The Bertz CT molecular complexity index is 651. The van der Waals surface area contributed by atoms with Crippen LogP contribution in [0, 0.1) is 0 Å². The number of thioether (sulfide) groups is 1. The molecule has 0 atom stereocenters. The molecule has 2 heterocycles. The van der Waals surface area contributed by atoms with E-state index in [-0.39, 0.29) is 28.5 Å². The molecule has 0 radical (unpaired) electrons. The van der Waals surface area contributed by atoms with Crippen LogP contribution in [-0.2, 0) is 13.2 Å². The second kappa shape index (κ2) is 5.43. The van der Waals surface area contributed by atoms with Gasteiger partial charge in [-0.15, -0.1) is 0 Å². The third-order valence-corrected chi connectivity index (χ3v) is 3.57. The third-order valence-electron chi connectivity index (χ3n) is 2.69. The summed E-state index contributed by atoms with van der Waals surface area (Å²) in [7, 11) is 1.49. The summed E-state index contributed by atoms with van der Waals surface area (Å²) >= 11 is 1.43. The summed E-state index contributed by atoms with van der Waals surface area (Å²) < 4.78 is 39.2. The van der Waals surface area contributed by atoms with E-state index in [1.54, 1.807) is 0 Å². The van der Waals surface area contributed by atoms with Gasteiger partial charge in [-0.2, -0.15) is 24.9 Å². The number of pyridine rings is 1. The first-order chi connectivity index (χ1) is 9.34. The average molecular weight is 303 g/mol. The van der Waals surface area contributed by atoms with Gasteiger partial charge in [0.15, 0.2) is 11.5 Å². The van der Waals surface area contributed by atoms with Crippen molar-refractivity contribution >= 4 is 28.7 Å². The van der Waals surface area contributed by atoms with Crippen LogP contribution in [0.15, 0.2) is 12.1 Å². The molecule has 4 nitrogen and oxygen atoms in total. The lowest BCUT2D eigenvalue weighted by molar-refractivity contribution is -0.141. The van der Waals surface area contributed by atoms with Gasteiger partial charge in [-0.05, 0) is 17.9 Å². The van der Waals surface area contributed by atoms with Crippen molar-refractivity contribution in [2.75, 3.05) is 11.5 Å². The van der Waals surface area contributed by atoms with Crippen molar-refractivity contribution in [2.24, 2.45) is 7.05 Å². The molecule has 0 spiro atoms. The van der Waals surface area contributed by atoms with Gasteiger partial charge in [0.1, 0.15) is 11.2 Å². The number of ketones is 1. The van der Waals surface area contributed by atoms with E-state index in [1.807, 2.05) is 6.92 Å². The topological polar surface area (TPSA) is 47.8 Å². The lowest BCUT2D eigenvalue weighted by Crippen LogP contribution is -2.11. The minimum absolute atomic E-state index is 0.0599. The van der Waals surface area contributed by atoms with Crippen LogP contribution in [0.25, 0.3) is 11.2 Å². The number of hydrogen-bond donors (Lipinski definition) is 0. The second-order valence-corrected chi connectivity index (χ2v) is 5.37. The van der Waals surface area contributed by atoms with E-state index in [0.717, 1.165) is 11.8 Å². The molecular formula is C12H12F3N3OS. The van der Waals surface area contributed by atoms with Gasteiger partial charge in [0.2, 0.25) is 5.78 Å². The van der Waals surface area contributed by atoms with Crippen LogP contribution in [0.3, 0.4) is 0 Å². The lowest BCUT2D eigenvalue weighted by atomic mass is 10.3. The second-order valence-electron chi connectivity index (χ2n) is 4.09. The van der Waals surface area contributed by atoms with Crippen LogP contribution >= 0.6 is 11.8 Å². The maximum atomic E-state index is 12.6. The van der Waals surface area contributed by atoms with Gasteiger partial charge in [-0.1, -0.05) is 6.92 Å². The molecule has 0 aliphatic heterocycles. The highest BCUT2D eigenvalue weighted by Gasteiger charge is 2.33. The third kappa shape index (κ3) is 2.79. The summed E-state index contributed by atoms with van der Waals surface area (Å²) in [5, 5.41) is 0. The monoisotopic (exact) mass is 303 g/mol. The van der Waals surface area contributed by atoms with E-state index in [1.165, 1.54) is 29.4 Å². The molecule has 8 heteroatoms. The average Bonchev–Trinajstić information content (AvgIpc) is 2.72. The Morgan fingerprint density at radius 2 is 2.05 bits per heavy atom. The summed E-state index contributed by atoms with van der Waals surface area (Å²) in [5.74, 6) is 0.949. The number of carbonyl (C=O) groups excluding carboxylic acids is 1. The van der Waals surface area contributed by atoms with E-state index >= 15 is 0 Å². The molecular weight excluding hydrogens is 291 g/mol. The van der Waals surface area contributed by atoms with E-state index in [9.17, 15) is 18.0 Å². The van der Waals surface area contributed by atoms with Gasteiger partial charge in [-0.25, -0.2) is 9.97 Å². The molecule has 0 bridgehead atoms. The molecule has 0 amide bonds. The Balaban J connectivity index is 2.45. The smallest absolute Gasteiger partial charge is 0.309 e. The number of fused-ring (bicyclic) bond motifs is 1. The Kier molecular flexibility index (Phi) is 4.03. The van der Waals surface area contributed by atoms with Crippen LogP contribution in [0.4, 0.5) is 13.2 Å². The Labute approximate surface area is 117 Å². The van der Waals surface area contributed by atoms with Crippen LogP contribution in [-0.4, -0.2) is 31.8 Å². The zero-order chi connectivity index (χ0) is 14.9. The Morgan fingerprint density at radius 3 is 2.65 bits per heavy atom. The maximum absolute atomic E-state index is 12.6. The van der Waals surface area contributed by atoms with E-state index < -0.39 is 11.9 Å².